The molecule has 128 valence electrons. The van der Waals surface area contributed by atoms with Crippen LogP contribution in [0.5, 0.6) is 0 Å². The molecule has 1 amide bonds. The van der Waals surface area contributed by atoms with Crippen LogP contribution in [-0.4, -0.2) is 16.6 Å². The van der Waals surface area contributed by atoms with Crippen molar-refractivity contribution >= 4 is 56.8 Å². The van der Waals surface area contributed by atoms with Gasteiger partial charge in [-0.3, -0.25) is 4.79 Å². The fourth-order valence-corrected chi connectivity index (χ4v) is 4.03. The number of carbonyl (C=O) groups is 1. The zero-order chi connectivity index (χ0) is 17.9. The minimum Gasteiger partial charge on any atom is -0.324 e. The molecule has 0 aliphatic rings. The summed E-state index contributed by atoms with van der Waals surface area (Å²) < 4.78 is 0. The number of hydrogen-bond acceptors (Lipinski definition) is 3. The molecule has 1 heterocycles. The van der Waals surface area contributed by atoms with Crippen molar-refractivity contribution in [1.29, 1.82) is 0 Å². The molecule has 0 bridgehead atoms. The van der Waals surface area contributed by atoms with Gasteiger partial charge in [0.05, 0.1) is 27.5 Å². The molecule has 1 aromatic heterocycles. The maximum Gasteiger partial charge on any atom is 0.234 e. The lowest BCUT2D eigenvalue weighted by Gasteiger charge is -2.11. The fraction of sp³-hybridized carbons (Fsp3) is 0.0476. The summed E-state index contributed by atoms with van der Waals surface area (Å²) in [5.41, 5.74) is 2.49. The van der Waals surface area contributed by atoms with Crippen LogP contribution in [0, 0.1) is 0 Å². The van der Waals surface area contributed by atoms with Gasteiger partial charge in [0.25, 0.3) is 0 Å². The SMILES string of the molecule is O=C(CSc1c2ccccc2nc2ccccc12)Nc1ccccc1Cl. The van der Waals surface area contributed by atoms with Crippen molar-refractivity contribution in [3.8, 4) is 0 Å². The number of rotatable bonds is 4. The molecule has 0 radical (unpaired) electrons. The van der Waals surface area contributed by atoms with Crippen molar-refractivity contribution in [2.45, 2.75) is 4.90 Å². The van der Waals surface area contributed by atoms with E-state index < -0.39 is 0 Å². The van der Waals surface area contributed by atoms with Crippen molar-refractivity contribution in [3.63, 3.8) is 0 Å². The highest BCUT2D eigenvalue weighted by molar-refractivity contribution is 8.00. The van der Waals surface area contributed by atoms with Crippen LogP contribution in [0.3, 0.4) is 0 Å². The Labute approximate surface area is 160 Å². The molecule has 0 saturated carbocycles. The topological polar surface area (TPSA) is 42.0 Å². The number of amides is 1. The lowest BCUT2D eigenvalue weighted by molar-refractivity contribution is -0.113. The molecule has 4 aromatic rings. The Kier molecular flexibility index (Phi) is 4.78. The largest absolute Gasteiger partial charge is 0.324 e. The molecule has 4 rings (SSSR count). The van der Waals surface area contributed by atoms with Crippen LogP contribution in [0.15, 0.2) is 77.7 Å². The first kappa shape index (κ1) is 16.9. The number of aromatic nitrogens is 1. The van der Waals surface area contributed by atoms with Gasteiger partial charge in [-0.1, -0.05) is 60.1 Å². The maximum absolute atomic E-state index is 12.4. The van der Waals surface area contributed by atoms with Crippen LogP contribution in [0.25, 0.3) is 21.8 Å². The molecule has 0 aliphatic heterocycles. The second-order valence-corrected chi connectivity index (χ2v) is 7.18. The monoisotopic (exact) mass is 378 g/mol. The number of hydrogen-bond donors (Lipinski definition) is 1. The summed E-state index contributed by atoms with van der Waals surface area (Å²) in [4.78, 5) is 18.2. The first-order valence-corrected chi connectivity index (χ1v) is 9.53. The van der Waals surface area contributed by atoms with Gasteiger partial charge in [0.2, 0.25) is 5.91 Å². The van der Waals surface area contributed by atoms with E-state index in [2.05, 4.69) is 5.32 Å². The number of benzene rings is 3. The van der Waals surface area contributed by atoms with Crippen molar-refractivity contribution < 1.29 is 4.79 Å². The third-order valence-corrected chi connectivity index (χ3v) is 5.50. The van der Waals surface area contributed by atoms with E-state index in [4.69, 9.17) is 16.6 Å². The Bertz CT molecular complexity index is 1060. The third-order valence-electron chi connectivity index (χ3n) is 4.03. The first-order valence-electron chi connectivity index (χ1n) is 8.17. The summed E-state index contributed by atoms with van der Waals surface area (Å²) in [6.45, 7) is 0. The molecule has 26 heavy (non-hydrogen) atoms. The number of thioether (sulfide) groups is 1. The number of nitrogens with zero attached hydrogens (tertiary/aromatic N) is 1. The van der Waals surface area contributed by atoms with Gasteiger partial charge in [-0.05, 0) is 24.3 Å². The molecular weight excluding hydrogens is 364 g/mol. The van der Waals surface area contributed by atoms with Gasteiger partial charge in [0.15, 0.2) is 0 Å². The highest BCUT2D eigenvalue weighted by Crippen LogP contribution is 2.34. The van der Waals surface area contributed by atoms with Crippen molar-refractivity contribution in [2.24, 2.45) is 0 Å². The van der Waals surface area contributed by atoms with Gasteiger partial charge in [-0.25, -0.2) is 4.98 Å². The van der Waals surface area contributed by atoms with Crippen molar-refractivity contribution in [1.82, 2.24) is 4.98 Å². The fourth-order valence-electron chi connectivity index (χ4n) is 2.84. The van der Waals surface area contributed by atoms with Crippen LogP contribution in [-0.2, 0) is 4.79 Å². The number of nitrogens with one attached hydrogen (secondary N) is 1. The van der Waals surface area contributed by atoms with Crippen LogP contribution < -0.4 is 5.32 Å². The molecule has 1 N–H and O–H groups in total. The Morgan fingerprint density at radius 1 is 0.885 bits per heavy atom. The van der Waals surface area contributed by atoms with E-state index >= 15 is 0 Å². The van der Waals surface area contributed by atoms with Crippen LogP contribution in [0.2, 0.25) is 5.02 Å². The summed E-state index contributed by atoms with van der Waals surface area (Å²) in [6, 6.07) is 23.2. The number of halogens is 1. The molecule has 5 heteroatoms. The predicted molar refractivity (Wildman–Crippen MR) is 110 cm³/mol. The van der Waals surface area contributed by atoms with Crippen molar-refractivity contribution in [2.75, 3.05) is 11.1 Å². The minimum absolute atomic E-state index is 0.0897. The molecule has 0 aliphatic carbocycles. The molecule has 0 fully saturated rings. The predicted octanol–water partition coefficient (Wildman–Crippen LogP) is 5.77. The van der Waals surface area contributed by atoms with E-state index in [1.54, 1.807) is 12.1 Å². The zero-order valence-electron chi connectivity index (χ0n) is 13.8. The summed E-state index contributed by atoms with van der Waals surface area (Å²) in [7, 11) is 0. The lowest BCUT2D eigenvalue weighted by atomic mass is 10.1. The quantitative estimate of drug-likeness (QED) is 0.362. The van der Waals surface area contributed by atoms with E-state index in [9.17, 15) is 4.79 Å². The van der Waals surface area contributed by atoms with Crippen LogP contribution in [0.4, 0.5) is 5.69 Å². The lowest BCUT2D eigenvalue weighted by Crippen LogP contribution is -2.14. The molecule has 3 aromatic carbocycles. The molecule has 0 spiro atoms. The Hall–Kier alpha value is -2.56. The summed E-state index contributed by atoms with van der Waals surface area (Å²) in [5.74, 6) is 0.205. The number of carbonyl (C=O) groups excluding carboxylic acids is 1. The maximum atomic E-state index is 12.4. The summed E-state index contributed by atoms with van der Waals surface area (Å²) in [5, 5.41) is 5.52. The first-order chi connectivity index (χ1) is 12.7. The number of para-hydroxylation sites is 3. The van der Waals surface area contributed by atoms with Crippen LogP contribution in [0.1, 0.15) is 0 Å². The number of anilines is 1. The second-order valence-electron chi connectivity index (χ2n) is 5.79. The van der Waals surface area contributed by atoms with E-state index in [0.29, 0.717) is 16.5 Å². The summed E-state index contributed by atoms with van der Waals surface area (Å²) >= 11 is 7.63. The Morgan fingerprint density at radius 3 is 2.12 bits per heavy atom. The van der Waals surface area contributed by atoms with Gasteiger partial charge in [-0.15, -0.1) is 11.8 Å². The van der Waals surface area contributed by atoms with Crippen LogP contribution >= 0.6 is 23.4 Å². The van der Waals surface area contributed by atoms with E-state index in [1.165, 1.54) is 11.8 Å². The smallest absolute Gasteiger partial charge is 0.234 e. The highest BCUT2D eigenvalue weighted by Gasteiger charge is 2.12. The third kappa shape index (κ3) is 3.39. The van der Waals surface area contributed by atoms with Gasteiger partial charge < -0.3 is 5.32 Å². The van der Waals surface area contributed by atoms with Gasteiger partial charge in [0, 0.05) is 15.7 Å². The minimum atomic E-state index is -0.0897. The number of pyridine rings is 1. The van der Waals surface area contributed by atoms with Gasteiger partial charge >= 0.3 is 0 Å². The van der Waals surface area contributed by atoms with E-state index in [1.807, 2.05) is 60.7 Å². The summed E-state index contributed by atoms with van der Waals surface area (Å²) in [6.07, 6.45) is 0. The standard InChI is InChI=1S/C21H15ClN2OS/c22-16-9-3-6-12-19(16)24-20(25)13-26-21-14-7-1-4-10-17(14)23-18-11-5-2-8-15(18)21/h1-12H,13H2,(H,24,25). The molecule has 3 nitrogen and oxygen atoms in total. The van der Waals surface area contributed by atoms with E-state index in [-0.39, 0.29) is 5.91 Å². The van der Waals surface area contributed by atoms with Crippen molar-refractivity contribution in [3.05, 3.63) is 77.8 Å². The number of fused-ring (bicyclic) bond motifs is 2. The zero-order valence-corrected chi connectivity index (χ0v) is 15.3. The normalized spacial score (nSPS) is 11.0. The molecule has 0 atom stereocenters. The Morgan fingerprint density at radius 2 is 1.46 bits per heavy atom. The van der Waals surface area contributed by atoms with E-state index in [0.717, 1.165) is 26.7 Å². The Balaban J connectivity index is 1.64. The molecular formula is C21H15ClN2OS. The highest BCUT2D eigenvalue weighted by atomic mass is 35.5. The average molecular weight is 379 g/mol. The second kappa shape index (κ2) is 7.36. The molecule has 0 unspecified atom stereocenters. The molecule has 0 saturated heterocycles. The van der Waals surface area contributed by atoms with Gasteiger partial charge in [-0.2, -0.15) is 0 Å². The average Bonchev–Trinajstić information content (AvgIpc) is 2.67. The van der Waals surface area contributed by atoms with Gasteiger partial charge in [0.1, 0.15) is 0 Å².